The zero-order valence-corrected chi connectivity index (χ0v) is 24.7. The highest BCUT2D eigenvalue weighted by atomic mass is 35.5. The van der Waals surface area contributed by atoms with Gasteiger partial charge >= 0.3 is 6.09 Å². The molecular weight excluding hydrogens is 560 g/mol. The van der Waals surface area contributed by atoms with E-state index in [4.69, 9.17) is 16.2 Å². The molecule has 230 valence electrons. The fourth-order valence-corrected chi connectivity index (χ4v) is 3.36. The fraction of sp³-hybridized carbons (Fsp3) is 0.560. The number of carbonyl (C=O) groups excluding carboxylic acids is 4. The van der Waals surface area contributed by atoms with E-state index >= 15 is 0 Å². The summed E-state index contributed by atoms with van der Waals surface area (Å²) in [5.74, 6) is -1.89. The topological polar surface area (TPSA) is 233 Å². The third-order valence-electron chi connectivity index (χ3n) is 5.08. The largest absolute Gasteiger partial charge is 0.444 e. The number of aliphatic imine (C=N–C) groups is 1. The number of hydrogen-bond donors (Lipinski definition) is 6. The van der Waals surface area contributed by atoms with Gasteiger partial charge in [-0.3, -0.25) is 29.5 Å². The van der Waals surface area contributed by atoms with Crippen LogP contribution in [0.2, 0.25) is 0 Å². The summed E-state index contributed by atoms with van der Waals surface area (Å²) in [5, 5.41) is 21.0. The summed E-state index contributed by atoms with van der Waals surface area (Å²) in [6.07, 6.45) is 0.0454. The number of hydrogen-bond acceptors (Lipinski definition) is 8. The molecule has 0 bridgehead atoms. The first-order valence-electron chi connectivity index (χ1n) is 12.7. The van der Waals surface area contributed by atoms with E-state index in [0.717, 1.165) is 0 Å². The van der Waals surface area contributed by atoms with Crippen molar-refractivity contribution in [1.29, 1.82) is 0 Å². The smallest absolute Gasteiger partial charge is 0.408 e. The van der Waals surface area contributed by atoms with Gasteiger partial charge in [-0.05, 0) is 58.1 Å². The number of carbonyl (C=O) groups is 4. The highest BCUT2D eigenvalue weighted by Gasteiger charge is 2.26. The molecule has 1 aromatic rings. The maximum absolute atomic E-state index is 12.9. The summed E-state index contributed by atoms with van der Waals surface area (Å²) >= 11 is 0. The Balaban J connectivity index is 0.0000160. The van der Waals surface area contributed by atoms with Crippen molar-refractivity contribution in [2.45, 2.75) is 71.6 Å². The molecule has 1 aromatic carbocycles. The van der Waals surface area contributed by atoms with Gasteiger partial charge in [0.15, 0.2) is 5.96 Å². The van der Waals surface area contributed by atoms with Crippen molar-refractivity contribution in [2.75, 3.05) is 18.4 Å². The molecule has 4 amide bonds. The van der Waals surface area contributed by atoms with E-state index in [-0.39, 0.29) is 48.6 Å². The first-order valence-corrected chi connectivity index (χ1v) is 12.7. The van der Waals surface area contributed by atoms with Crippen molar-refractivity contribution in [3.8, 4) is 0 Å². The summed E-state index contributed by atoms with van der Waals surface area (Å²) in [6, 6.07) is 3.22. The summed E-state index contributed by atoms with van der Waals surface area (Å²) in [4.78, 5) is 64.7. The average molecular weight is 601 g/mol. The van der Waals surface area contributed by atoms with Crippen LogP contribution in [-0.2, 0) is 19.1 Å². The van der Waals surface area contributed by atoms with Crippen LogP contribution in [0.3, 0.4) is 0 Å². The minimum Gasteiger partial charge on any atom is -0.444 e. The maximum Gasteiger partial charge on any atom is 0.408 e. The van der Waals surface area contributed by atoms with Crippen LogP contribution in [0.15, 0.2) is 29.3 Å². The predicted octanol–water partition coefficient (Wildman–Crippen LogP) is 1.55. The second-order valence-corrected chi connectivity index (χ2v) is 10.4. The highest BCUT2D eigenvalue weighted by molar-refractivity contribution is 5.98. The Labute approximate surface area is 245 Å². The molecule has 2 atom stereocenters. The SMILES string of the molecule is CC(C)CC(NC(=O)OC(C)(C)C)C(=O)NCC(=O)NC(CCCN=C(N)N)C(=O)Nc1ccc([N+](=O)[O-])cc1.Cl. The number of nitrogens with zero attached hydrogens (tertiary/aromatic N) is 2. The van der Waals surface area contributed by atoms with Crippen LogP contribution < -0.4 is 32.7 Å². The Morgan fingerprint density at radius 3 is 2.15 bits per heavy atom. The molecule has 0 spiro atoms. The summed E-state index contributed by atoms with van der Waals surface area (Å²) in [7, 11) is 0. The Hall–Kier alpha value is -4.14. The molecule has 0 aliphatic rings. The van der Waals surface area contributed by atoms with E-state index in [0.29, 0.717) is 12.8 Å². The number of benzene rings is 1. The minimum absolute atomic E-state index is 0. The lowest BCUT2D eigenvalue weighted by Gasteiger charge is -2.24. The van der Waals surface area contributed by atoms with Crippen LogP contribution in [-0.4, -0.2) is 65.5 Å². The lowest BCUT2D eigenvalue weighted by molar-refractivity contribution is -0.384. The number of guanidine groups is 1. The van der Waals surface area contributed by atoms with Crippen molar-refractivity contribution in [3.05, 3.63) is 34.4 Å². The zero-order chi connectivity index (χ0) is 30.5. The number of nitrogens with two attached hydrogens (primary N) is 2. The van der Waals surface area contributed by atoms with Gasteiger partial charge in [0.1, 0.15) is 17.7 Å². The second-order valence-electron chi connectivity index (χ2n) is 10.4. The fourth-order valence-electron chi connectivity index (χ4n) is 3.36. The van der Waals surface area contributed by atoms with E-state index in [9.17, 15) is 29.3 Å². The number of nitrogens with one attached hydrogen (secondary N) is 4. The first-order chi connectivity index (χ1) is 18.6. The van der Waals surface area contributed by atoms with Crippen LogP contribution in [0.25, 0.3) is 0 Å². The summed E-state index contributed by atoms with van der Waals surface area (Å²) in [6.45, 7) is 8.59. The van der Waals surface area contributed by atoms with Crippen LogP contribution in [0, 0.1) is 16.0 Å². The molecule has 8 N–H and O–H groups in total. The van der Waals surface area contributed by atoms with Crippen molar-refractivity contribution in [1.82, 2.24) is 16.0 Å². The standard InChI is InChI=1S/C25H40N8O7.ClH/c1-15(2)13-19(32-24(37)40-25(3,4)5)21(35)29-14-20(34)31-18(7-6-12-28-23(26)27)22(36)30-16-8-10-17(11-9-16)33(38)39;/h8-11,15,18-19H,6-7,12-14H2,1-5H3,(H,29,35)(H,30,36)(H,31,34)(H,32,37)(H4,26,27,28);1H. The normalized spacial score (nSPS) is 12.1. The minimum atomic E-state index is -1.03. The molecule has 0 radical (unpaired) electrons. The zero-order valence-electron chi connectivity index (χ0n) is 23.9. The van der Waals surface area contributed by atoms with Crippen molar-refractivity contribution in [3.63, 3.8) is 0 Å². The van der Waals surface area contributed by atoms with Crippen LogP contribution in [0.1, 0.15) is 53.9 Å². The van der Waals surface area contributed by atoms with Crippen molar-refractivity contribution in [2.24, 2.45) is 22.4 Å². The molecule has 0 saturated carbocycles. The van der Waals surface area contributed by atoms with E-state index in [1.807, 2.05) is 13.8 Å². The molecule has 41 heavy (non-hydrogen) atoms. The Bertz CT molecular complexity index is 1070. The maximum atomic E-state index is 12.9. The number of nitro benzene ring substituents is 1. The molecule has 0 fully saturated rings. The van der Waals surface area contributed by atoms with E-state index in [2.05, 4.69) is 26.3 Å². The van der Waals surface area contributed by atoms with Gasteiger partial charge in [-0.15, -0.1) is 12.4 Å². The van der Waals surface area contributed by atoms with Gasteiger partial charge in [-0.2, -0.15) is 0 Å². The van der Waals surface area contributed by atoms with Gasteiger partial charge in [0.25, 0.3) is 5.69 Å². The molecule has 0 aliphatic carbocycles. The summed E-state index contributed by atoms with van der Waals surface area (Å²) in [5.41, 5.74) is 10.0. The molecule has 0 aliphatic heterocycles. The Morgan fingerprint density at radius 2 is 1.63 bits per heavy atom. The van der Waals surface area contributed by atoms with Gasteiger partial charge in [0.2, 0.25) is 17.7 Å². The van der Waals surface area contributed by atoms with Gasteiger partial charge in [0, 0.05) is 24.4 Å². The van der Waals surface area contributed by atoms with Crippen LogP contribution in [0.5, 0.6) is 0 Å². The molecule has 16 heteroatoms. The van der Waals surface area contributed by atoms with E-state index < -0.39 is 53.0 Å². The van der Waals surface area contributed by atoms with E-state index in [1.165, 1.54) is 24.3 Å². The molecular formula is C25H41ClN8O7. The summed E-state index contributed by atoms with van der Waals surface area (Å²) < 4.78 is 5.22. The molecule has 1 rings (SSSR count). The number of amides is 4. The van der Waals surface area contributed by atoms with Gasteiger partial charge < -0.3 is 37.5 Å². The number of nitro groups is 1. The quantitative estimate of drug-likeness (QED) is 0.0596. The molecule has 15 nitrogen and oxygen atoms in total. The Kier molecular flexibility index (Phi) is 15.8. The number of halogens is 1. The average Bonchev–Trinajstić information content (AvgIpc) is 2.82. The second kappa shape index (κ2) is 17.5. The van der Waals surface area contributed by atoms with Crippen LogP contribution >= 0.6 is 12.4 Å². The third-order valence-corrected chi connectivity index (χ3v) is 5.08. The first kappa shape index (κ1) is 36.9. The highest BCUT2D eigenvalue weighted by Crippen LogP contribution is 2.16. The number of ether oxygens (including phenoxy) is 1. The number of anilines is 1. The Morgan fingerprint density at radius 1 is 1.02 bits per heavy atom. The third kappa shape index (κ3) is 15.9. The number of non-ortho nitro benzene ring substituents is 1. The van der Waals surface area contributed by atoms with E-state index in [1.54, 1.807) is 20.8 Å². The molecule has 0 saturated heterocycles. The lowest BCUT2D eigenvalue weighted by Crippen LogP contribution is -2.52. The molecule has 2 unspecified atom stereocenters. The number of alkyl carbamates (subject to hydrolysis) is 1. The van der Waals surface area contributed by atoms with Crippen molar-refractivity contribution < 1.29 is 28.8 Å². The van der Waals surface area contributed by atoms with Gasteiger partial charge in [0.05, 0.1) is 11.5 Å². The van der Waals surface area contributed by atoms with Gasteiger partial charge in [-0.25, -0.2) is 4.79 Å². The van der Waals surface area contributed by atoms with Crippen molar-refractivity contribution >= 4 is 53.6 Å². The monoisotopic (exact) mass is 600 g/mol. The number of rotatable bonds is 14. The molecule has 0 heterocycles. The molecule has 0 aromatic heterocycles. The van der Waals surface area contributed by atoms with Crippen LogP contribution in [0.4, 0.5) is 16.2 Å². The lowest BCUT2D eigenvalue weighted by atomic mass is 10.0. The van der Waals surface area contributed by atoms with Gasteiger partial charge in [-0.1, -0.05) is 13.8 Å². The predicted molar refractivity (Wildman–Crippen MR) is 156 cm³/mol.